The molecule has 1 heterocycles. The van der Waals surface area contributed by atoms with Crippen molar-refractivity contribution in [3.8, 4) is 0 Å². The van der Waals surface area contributed by atoms with Gasteiger partial charge in [-0.1, -0.05) is 38.5 Å². The van der Waals surface area contributed by atoms with Gasteiger partial charge in [-0.05, 0) is 12.5 Å². The SMILES string of the molecule is CCCC1(c2ccccc2F)NOCC1C. The second-order valence-electron chi connectivity index (χ2n) is 4.52. The van der Waals surface area contributed by atoms with Gasteiger partial charge in [0, 0.05) is 11.5 Å². The number of hydrogen-bond acceptors (Lipinski definition) is 2. The van der Waals surface area contributed by atoms with Gasteiger partial charge in [-0.25, -0.2) is 4.39 Å². The monoisotopic (exact) mass is 223 g/mol. The predicted molar refractivity (Wildman–Crippen MR) is 61.2 cm³/mol. The van der Waals surface area contributed by atoms with E-state index in [0.717, 1.165) is 18.4 Å². The number of benzene rings is 1. The molecule has 16 heavy (non-hydrogen) atoms. The van der Waals surface area contributed by atoms with Crippen molar-refractivity contribution in [1.29, 1.82) is 0 Å². The van der Waals surface area contributed by atoms with Gasteiger partial charge in [0.1, 0.15) is 5.82 Å². The number of nitrogens with one attached hydrogen (secondary N) is 1. The molecule has 0 amide bonds. The minimum atomic E-state index is -0.361. The Bertz CT molecular complexity index is 369. The number of halogens is 1. The predicted octanol–water partition coefficient (Wildman–Crippen LogP) is 2.99. The van der Waals surface area contributed by atoms with Crippen molar-refractivity contribution in [2.45, 2.75) is 32.2 Å². The van der Waals surface area contributed by atoms with Crippen molar-refractivity contribution in [3.63, 3.8) is 0 Å². The molecule has 1 aliphatic rings. The second kappa shape index (κ2) is 4.52. The van der Waals surface area contributed by atoms with E-state index in [-0.39, 0.29) is 17.3 Å². The lowest BCUT2D eigenvalue weighted by atomic mass is 9.77. The molecule has 0 aromatic heterocycles. The van der Waals surface area contributed by atoms with E-state index < -0.39 is 0 Å². The lowest BCUT2D eigenvalue weighted by molar-refractivity contribution is 0.0555. The van der Waals surface area contributed by atoms with Crippen LogP contribution in [0.3, 0.4) is 0 Å². The Hall–Kier alpha value is -0.930. The summed E-state index contributed by atoms with van der Waals surface area (Å²) < 4.78 is 13.9. The van der Waals surface area contributed by atoms with Crippen molar-refractivity contribution < 1.29 is 9.23 Å². The van der Waals surface area contributed by atoms with Crippen LogP contribution in [0.1, 0.15) is 32.3 Å². The van der Waals surface area contributed by atoms with E-state index in [9.17, 15) is 4.39 Å². The third-order valence-corrected chi connectivity index (χ3v) is 3.43. The molecule has 1 saturated heterocycles. The van der Waals surface area contributed by atoms with Crippen LogP contribution in [0, 0.1) is 11.7 Å². The molecule has 88 valence electrons. The van der Waals surface area contributed by atoms with E-state index in [0.29, 0.717) is 6.61 Å². The van der Waals surface area contributed by atoms with E-state index in [1.165, 1.54) is 6.07 Å². The van der Waals surface area contributed by atoms with Crippen LogP contribution < -0.4 is 5.48 Å². The van der Waals surface area contributed by atoms with E-state index in [2.05, 4.69) is 19.3 Å². The maximum atomic E-state index is 13.9. The first-order valence-corrected chi connectivity index (χ1v) is 5.84. The summed E-state index contributed by atoms with van der Waals surface area (Å²) in [5, 5.41) is 0. The lowest BCUT2D eigenvalue weighted by Gasteiger charge is -2.32. The van der Waals surface area contributed by atoms with Crippen LogP contribution in [-0.4, -0.2) is 6.61 Å². The molecule has 2 rings (SSSR count). The van der Waals surface area contributed by atoms with Crippen LogP contribution >= 0.6 is 0 Å². The van der Waals surface area contributed by atoms with Gasteiger partial charge in [-0.15, -0.1) is 0 Å². The molecule has 1 aliphatic heterocycles. The molecular weight excluding hydrogens is 205 g/mol. The van der Waals surface area contributed by atoms with Crippen LogP contribution in [0.15, 0.2) is 24.3 Å². The summed E-state index contributed by atoms with van der Waals surface area (Å²) in [6.45, 7) is 4.84. The van der Waals surface area contributed by atoms with Gasteiger partial charge < -0.3 is 4.84 Å². The summed E-state index contributed by atoms with van der Waals surface area (Å²) in [6, 6.07) is 6.96. The van der Waals surface area contributed by atoms with Crippen LogP contribution in [0.5, 0.6) is 0 Å². The van der Waals surface area contributed by atoms with Gasteiger partial charge in [-0.2, -0.15) is 5.48 Å². The van der Waals surface area contributed by atoms with Gasteiger partial charge >= 0.3 is 0 Å². The van der Waals surface area contributed by atoms with Crippen molar-refractivity contribution in [3.05, 3.63) is 35.6 Å². The molecule has 0 aliphatic carbocycles. The molecule has 0 radical (unpaired) electrons. The molecule has 3 heteroatoms. The molecule has 0 spiro atoms. The second-order valence-corrected chi connectivity index (χ2v) is 4.52. The summed E-state index contributed by atoms with van der Waals surface area (Å²) in [5.74, 6) is 0.130. The van der Waals surface area contributed by atoms with Gasteiger partial charge in [0.25, 0.3) is 0 Å². The Labute approximate surface area is 95.8 Å². The molecule has 0 bridgehead atoms. The topological polar surface area (TPSA) is 21.3 Å². The summed E-state index contributed by atoms with van der Waals surface area (Å²) in [4.78, 5) is 5.32. The van der Waals surface area contributed by atoms with Crippen LogP contribution in [0.4, 0.5) is 4.39 Å². The summed E-state index contributed by atoms with van der Waals surface area (Å²) in [6.07, 6.45) is 1.88. The molecular formula is C13H18FNO. The van der Waals surface area contributed by atoms with Gasteiger partial charge in [0.2, 0.25) is 0 Å². The molecule has 1 fully saturated rings. The van der Waals surface area contributed by atoms with E-state index in [1.807, 2.05) is 12.1 Å². The summed E-state index contributed by atoms with van der Waals surface area (Å²) in [7, 11) is 0. The number of hydroxylamine groups is 1. The Kier molecular flexibility index (Phi) is 3.26. The molecule has 1 N–H and O–H groups in total. The minimum Gasteiger partial charge on any atom is -0.301 e. The molecule has 0 saturated carbocycles. The van der Waals surface area contributed by atoms with Crippen molar-refractivity contribution in [2.24, 2.45) is 5.92 Å². The Morgan fingerprint density at radius 2 is 2.25 bits per heavy atom. The van der Waals surface area contributed by atoms with Crippen molar-refractivity contribution >= 4 is 0 Å². The fourth-order valence-corrected chi connectivity index (χ4v) is 2.51. The first-order chi connectivity index (χ1) is 7.70. The third-order valence-electron chi connectivity index (χ3n) is 3.43. The maximum Gasteiger partial charge on any atom is 0.128 e. The molecule has 2 unspecified atom stereocenters. The molecule has 1 aromatic carbocycles. The average molecular weight is 223 g/mol. The zero-order valence-electron chi connectivity index (χ0n) is 9.79. The van der Waals surface area contributed by atoms with E-state index >= 15 is 0 Å². The summed E-state index contributed by atoms with van der Waals surface area (Å²) >= 11 is 0. The van der Waals surface area contributed by atoms with Crippen LogP contribution in [-0.2, 0) is 10.4 Å². The third kappa shape index (κ3) is 1.74. The number of hydrogen-bond donors (Lipinski definition) is 1. The Balaban J connectivity index is 2.43. The zero-order valence-corrected chi connectivity index (χ0v) is 9.79. The molecule has 1 aromatic rings. The van der Waals surface area contributed by atoms with E-state index in [1.54, 1.807) is 6.07 Å². The minimum absolute atomic E-state index is 0.152. The maximum absolute atomic E-state index is 13.9. The fourth-order valence-electron chi connectivity index (χ4n) is 2.51. The first kappa shape index (κ1) is 11.6. The normalized spacial score (nSPS) is 29.6. The van der Waals surface area contributed by atoms with Gasteiger partial charge in [0.05, 0.1) is 12.1 Å². The number of rotatable bonds is 3. The highest BCUT2D eigenvalue weighted by Gasteiger charge is 2.43. The zero-order chi connectivity index (χ0) is 11.6. The Morgan fingerprint density at radius 3 is 2.81 bits per heavy atom. The molecule has 2 nitrogen and oxygen atoms in total. The smallest absolute Gasteiger partial charge is 0.128 e. The highest BCUT2D eigenvalue weighted by Crippen LogP contribution is 2.39. The van der Waals surface area contributed by atoms with Gasteiger partial charge in [0.15, 0.2) is 0 Å². The highest BCUT2D eigenvalue weighted by atomic mass is 19.1. The highest BCUT2D eigenvalue weighted by molar-refractivity contribution is 5.27. The summed E-state index contributed by atoms with van der Waals surface area (Å²) in [5.41, 5.74) is 3.40. The standard InChI is InChI=1S/C13H18FNO/c1-3-8-13(10(2)9-16-15-13)11-6-4-5-7-12(11)14/h4-7,10,15H,3,8-9H2,1-2H3. The lowest BCUT2D eigenvalue weighted by Crippen LogP contribution is -2.41. The quantitative estimate of drug-likeness (QED) is 0.850. The molecule has 2 atom stereocenters. The van der Waals surface area contributed by atoms with Crippen molar-refractivity contribution in [1.82, 2.24) is 5.48 Å². The average Bonchev–Trinajstić information content (AvgIpc) is 2.62. The largest absolute Gasteiger partial charge is 0.301 e. The van der Waals surface area contributed by atoms with Crippen molar-refractivity contribution in [2.75, 3.05) is 6.61 Å². The first-order valence-electron chi connectivity index (χ1n) is 5.84. The van der Waals surface area contributed by atoms with Crippen LogP contribution in [0.25, 0.3) is 0 Å². The van der Waals surface area contributed by atoms with E-state index in [4.69, 9.17) is 4.84 Å². The van der Waals surface area contributed by atoms with Gasteiger partial charge in [-0.3, -0.25) is 0 Å². The van der Waals surface area contributed by atoms with Crippen LogP contribution in [0.2, 0.25) is 0 Å². The Morgan fingerprint density at radius 1 is 1.50 bits per heavy atom. The fraction of sp³-hybridized carbons (Fsp3) is 0.538.